The third-order valence-corrected chi connectivity index (χ3v) is 2.10. The minimum absolute atomic E-state index is 0.507. The Morgan fingerprint density at radius 1 is 1.20 bits per heavy atom. The summed E-state index contributed by atoms with van der Waals surface area (Å²) in [6.45, 7) is 0. The molecule has 76 valence electrons. The number of aromatic nitrogens is 2. The SMILES string of the molecule is Nc1cncnc1Nc1ccc(Cl)cc1. The number of nitrogens with zero attached hydrogens (tertiary/aromatic N) is 2. The summed E-state index contributed by atoms with van der Waals surface area (Å²) < 4.78 is 0. The summed E-state index contributed by atoms with van der Waals surface area (Å²) in [6, 6.07) is 7.29. The van der Waals surface area contributed by atoms with Gasteiger partial charge < -0.3 is 11.1 Å². The van der Waals surface area contributed by atoms with E-state index in [4.69, 9.17) is 17.3 Å². The van der Waals surface area contributed by atoms with E-state index in [2.05, 4.69) is 15.3 Å². The molecule has 0 aliphatic carbocycles. The van der Waals surface area contributed by atoms with Crippen molar-refractivity contribution in [1.29, 1.82) is 0 Å². The van der Waals surface area contributed by atoms with Crippen molar-refractivity contribution in [2.45, 2.75) is 0 Å². The van der Waals surface area contributed by atoms with Gasteiger partial charge in [-0.3, -0.25) is 0 Å². The second-order valence-corrected chi connectivity index (χ2v) is 3.40. The first-order valence-electron chi connectivity index (χ1n) is 4.34. The first kappa shape index (κ1) is 9.73. The number of nitrogen functional groups attached to an aromatic ring is 1. The van der Waals surface area contributed by atoms with Crippen LogP contribution in [0.4, 0.5) is 17.2 Å². The van der Waals surface area contributed by atoms with E-state index in [1.807, 2.05) is 12.1 Å². The molecule has 0 amide bonds. The molecule has 15 heavy (non-hydrogen) atoms. The highest BCUT2D eigenvalue weighted by Gasteiger charge is 1.99. The molecular formula is C10H9ClN4. The van der Waals surface area contributed by atoms with Crippen molar-refractivity contribution in [3.8, 4) is 0 Å². The highest BCUT2D eigenvalue weighted by molar-refractivity contribution is 6.30. The van der Waals surface area contributed by atoms with Crippen molar-refractivity contribution in [3.63, 3.8) is 0 Å². The van der Waals surface area contributed by atoms with Crippen LogP contribution in [0.2, 0.25) is 5.02 Å². The molecule has 0 aliphatic heterocycles. The van der Waals surface area contributed by atoms with Crippen molar-refractivity contribution in [3.05, 3.63) is 41.8 Å². The highest BCUT2D eigenvalue weighted by atomic mass is 35.5. The summed E-state index contributed by atoms with van der Waals surface area (Å²) in [7, 11) is 0. The fraction of sp³-hybridized carbons (Fsp3) is 0. The zero-order valence-electron chi connectivity index (χ0n) is 7.81. The summed E-state index contributed by atoms with van der Waals surface area (Å²) in [5.74, 6) is 0.590. The zero-order valence-corrected chi connectivity index (χ0v) is 8.57. The number of nitrogens with one attached hydrogen (secondary N) is 1. The van der Waals surface area contributed by atoms with Crippen molar-refractivity contribution >= 4 is 28.8 Å². The van der Waals surface area contributed by atoms with E-state index < -0.39 is 0 Å². The molecule has 0 radical (unpaired) electrons. The third kappa shape index (κ3) is 2.35. The number of nitrogens with two attached hydrogens (primary N) is 1. The molecule has 1 heterocycles. The van der Waals surface area contributed by atoms with Gasteiger partial charge in [-0.25, -0.2) is 9.97 Å². The maximum atomic E-state index is 5.77. The monoisotopic (exact) mass is 220 g/mol. The van der Waals surface area contributed by atoms with E-state index in [1.165, 1.54) is 6.33 Å². The average molecular weight is 221 g/mol. The Bertz CT molecular complexity index is 455. The third-order valence-electron chi connectivity index (χ3n) is 1.85. The Kier molecular flexibility index (Phi) is 2.69. The van der Waals surface area contributed by atoms with Crippen LogP contribution in [0.3, 0.4) is 0 Å². The summed E-state index contributed by atoms with van der Waals surface area (Å²) in [5, 5.41) is 3.76. The van der Waals surface area contributed by atoms with Crippen LogP contribution in [0.1, 0.15) is 0 Å². The van der Waals surface area contributed by atoms with Gasteiger partial charge in [0.05, 0.1) is 11.9 Å². The van der Waals surface area contributed by atoms with Crippen LogP contribution in [0.25, 0.3) is 0 Å². The van der Waals surface area contributed by atoms with E-state index in [1.54, 1.807) is 18.3 Å². The van der Waals surface area contributed by atoms with E-state index >= 15 is 0 Å². The van der Waals surface area contributed by atoms with Crippen LogP contribution in [-0.4, -0.2) is 9.97 Å². The molecule has 1 aromatic carbocycles. The normalized spacial score (nSPS) is 9.93. The van der Waals surface area contributed by atoms with Gasteiger partial charge in [-0.15, -0.1) is 0 Å². The molecule has 0 spiro atoms. The molecule has 1 aromatic heterocycles. The minimum atomic E-state index is 0.507. The molecule has 0 unspecified atom stereocenters. The Hall–Kier alpha value is -1.81. The van der Waals surface area contributed by atoms with Crippen LogP contribution < -0.4 is 11.1 Å². The van der Waals surface area contributed by atoms with Crippen LogP contribution in [0.15, 0.2) is 36.8 Å². The van der Waals surface area contributed by atoms with Gasteiger partial charge >= 0.3 is 0 Å². The van der Waals surface area contributed by atoms with Gasteiger partial charge in [0.2, 0.25) is 0 Å². The highest BCUT2D eigenvalue weighted by Crippen LogP contribution is 2.20. The molecule has 2 aromatic rings. The smallest absolute Gasteiger partial charge is 0.157 e. The Balaban J connectivity index is 2.22. The second-order valence-electron chi connectivity index (χ2n) is 2.96. The van der Waals surface area contributed by atoms with E-state index in [-0.39, 0.29) is 0 Å². The lowest BCUT2D eigenvalue weighted by atomic mass is 10.3. The van der Waals surface area contributed by atoms with E-state index in [0.29, 0.717) is 16.5 Å². The average Bonchev–Trinajstić information content (AvgIpc) is 2.25. The van der Waals surface area contributed by atoms with Crippen molar-refractivity contribution in [2.75, 3.05) is 11.1 Å². The molecule has 3 N–H and O–H groups in total. The Labute approximate surface area is 92.1 Å². The molecule has 5 heteroatoms. The second kappa shape index (κ2) is 4.14. The van der Waals surface area contributed by atoms with Crippen LogP contribution >= 0.6 is 11.6 Å². The number of benzene rings is 1. The minimum Gasteiger partial charge on any atom is -0.394 e. The Morgan fingerprint density at radius 2 is 1.93 bits per heavy atom. The molecule has 0 saturated carbocycles. The lowest BCUT2D eigenvalue weighted by Crippen LogP contribution is -1.99. The van der Waals surface area contributed by atoms with Gasteiger partial charge in [-0.2, -0.15) is 0 Å². The number of hydrogen-bond donors (Lipinski definition) is 2. The lowest BCUT2D eigenvalue weighted by molar-refractivity contribution is 1.17. The Morgan fingerprint density at radius 3 is 2.60 bits per heavy atom. The molecular weight excluding hydrogens is 212 g/mol. The van der Waals surface area contributed by atoms with E-state index in [0.717, 1.165) is 5.69 Å². The van der Waals surface area contributed by atoms with Gasteiger partial charge in [-0.05, 0) is 24.3 Å². The first-order valence-corrected chi connectivity index (χ1v) is 4.71. The topological polar surface area (TPSA) is 63.8 Å². The molecule has 0 fully saturated rings. The molecule has 2 rings (SSSR count). The van der Waals surface area contributed by atoms with Crippen molar-refractivity contribution in [2.24, 2.45) is 0 Å². The maximum absolute atomic E-state index is 5.77. The molecule has 0 atom stereocenters. The largest absolute Gasteiger partial charge is 0.394 e. The summed E-state index contributed by atoms with van der Waals surface area (Å²) in [4.78, 5) is 7.82. The number of hydrogen-bond acceptors (Lipinski definition) is 4. The molecule has 0 aliphatic rings. The van der Waals surface area contributed by atoms with Crippen LogP contribution in [0.5, 0.6) is 0 Å². The van der Waals surface area contributed by atoms with Crippen LogP contribution in [0, 0.1) is 0 Å². The first-order chi connectivity index (χ1) is 7.25. The maximum Gasteiger partial charge on any atom is 0.157 e. The number of rotatable bonds is 2. The van der Waals surface area contributed by atoms with Gasteiger partial charge in [0.1, 0.15) is 6.33 Å². The summed E-state index contributed by atoms with van der Waals surface area (Å²) >= 11 is 5.77. The predicted molar refractivity (Wildman–Crippen MR) is 61.2 cm³/mol. The van der Waals surface area contributed by atoms with Crippen LogP contribution in [-0.2, 0) is 0 Å². The quantitative estimate of drug-likeness (QED) is 0.816. The zero-order chi connectivity index (χ0) is 10.7. The lowest BCUT2D eigenvalue weighted by Gasteiger charge is -2.06. The molecule has 0 bridgehead atoms. The fourth-order valence-corrected chi connectivity index (χ4v) is 1.24. The van der Waals surface area contributed by atoms with E-state index in [9.17, 15) is 0 Å². The molecule has 4 nitrogen and oxygen atoms in total. The number of anilines is 3. The van der Waals surface area contributed by atoms with Crippen molar-refractivity contribution in [1.82, 2.24) is 9.97 Å². The van der Waals surface area contributed by atoms with Gasteiger partial charge in [0, 0.05) is 10.7 Å². The van der Waals surface area contributed by atoms with Gasteiger partial charge in [0.25, 0.3) is 0 Å². The van der Waals surface area contributed by atoms with Gasteiger partial charge in [0.15, 0.2) is 5.82 Å². The van der Waals surface area contributed by atoms with Crippen molar-refractivity contribution < 1.29 is 0 Å². The number of halogens is 1. The predicted octanol–water partition coefficient (Wildman–Crippen LogP) is 2.46. The fourth-order valence-electron chi connectivity index (χ4n) is 1.11. The summed E-state index contributed by atoms with van der Waals surface area (Å²) in [5.41, 5.74) is 7.07. The standard InChI is InChI=1S/C10H9ClN4/c11-7-1-3-8(4-2-7)15-10-9(12)5-13-6-14-10/h1-6H,12H2,(H,13,14,15). The summed E-state index contributed by atoms with van der Waals surface area (Å²) in [6.07, 6.45) is 2.99. The molecule has 0 saturated heterocycles. The van der Waals surface area contributed by atoms with Gasteiger partial charge in [-0.1, -0.05) is 11.6 Å².